The van der Waals surface area contributed by atoms with Gasteiger partial charge in [-0.1, -0.05) is 22.6 Å². The second-order valence-electron chi connectivity index (χ2n) is 22.2. The van der Waals surface area contributed by atoms with Gasteiger partial charge in [0, 0.05) is 92.1 Å². The number of rotatable bonds is 15. The van der Waals surface area contributed by atoms with Gasteiger partial charge in [0.2, 0.25) is 17.3 Å². The summed E-state index contributed by atoms with van der Waals surface area (Å²) in [6.45, 7) is 10.5. The number of amides is 6. The van der Waals surface area contributed by atoms with Gasteiger partial charge in [-0.05, 0) is 172 Å². The number of hydrogen-bond donors (Lipinski definition) is 3. The van der Waals surface area contributed by atoms with E-state index in [1.807, 2.05) is 4.93 Å². The second-order valence-corrected chi connectivity index (χ2v) is 23.3. The molecule has 12 aromatic rings. The van der Waals surface area contributed by atoms with Crippen molar-refractivity contribution >= 4 is 145 Å². The molecule has 0 atom stereocenters. The fraction of sp³-hybridized carbons (Fsp3) is 0.194. The number of imidazole rings is 3. The van der Waals surface area contributed by atoms with Crippen molar-refractivity contribution in [2.45, 2.75) is 59.9 Å². The minimum absolute atomic E-state index is 0. The summed E-state index contributed by atoms with van der Waals surface area (Å²) in [5.74, 6) is -2.08. The van der Waals surface area contributed by atoms with Gasteiger partial charge in [0.1, 0.15) is 17.5 Å². The molecule has 0 saturated carbocycles. The van der Waals surface area contributed by atoms with Crippen molar-refractivity contribution in [3.8, 4) is 33.8 Å². The van der Waals surface area contributed by atoms with Crippen LogP contribution in [0, 0.1) is 17.5 Å². The zero-order chi connectivity index (χ0) is 73.1. The maximum atomic E-state index is 14.7. The van der Waals surface area contributed by atoms with E-state index in [2.05, 4.69) is 68.4 Å². The SMILES string of the molecule is CC(C)OC(=O)N(C)c1cnc2nc(-c3cc(N(C)C(=O)c4ccc(Cl)o4)ccc3F)cn2c1.CC(C)OC(=O)N(C)c1cnc2nc(-c3cc(NC(=O)c4ccc(Cl)o4)ccc3F)cn2c1.CC(C)OC(=O)Nc1cnc2nc(-c3cc(NC(=O)c4ccc(Cl)o4)ccc3F)cn2c1.CI.[H-].[Na+]. The molecular weight excluding hydrogens is 1520 g/mol. The topological polar surface area (TPSA) is 306 Å². The van der Waals surface area contributed by atoms with Gasteiger partial charge in [-0.3, -0.25) is 42.7 Å². The Morgan fingerprint density at radius 1 is 0.461 bits per heavy atom. The third-order valence-electron chi connectivity index (χ3n) is 13.8. The number of aromatic nitrogens is 9. The summed E-state index contributed by atoms with van der Waals surface area (Å²) in [6, 6.07) is 21.1. The summed E-state index contributed by atoms with van der Waals surface area (Å²) in [6.07, 6.45) is 11.4. The molecule has 526 valence electrons. The first-order valence-corrected chi connectivity index (χ1v) is 33.3. The summed E-state index contributed by atoms with van der Waals surface area (Å²) in [4.78, 5) is 105. The number of ether oxygens (including phenoxy) is 3. The first-order chi connectivity index (χ1) is 48.1. The Kier molecular flexibility index (Phi) is 26.3. The van der Waals surface area contributed by atoms with Crippen LogP contribution in [0.15, 0.2) is 160 Å². The first kappa shape index (κ1) is 77.7. The Morgan fingerprint density at radius 2 is 0.833 bits per heavy atom. The quantitative estimate of drug-likeness (QED) is 0.0372. The molecule has 27 nitrogen and oxygen atoms in total. The van der Waals surface area contributed by atoms with Crippen LogP contribution in [0.25, 0.3) is 51.1 Å². The molecular formula is C67H61Cl3F3IN15NaO12. The monoisotopic (exact) mass is 1580 g/mol. The van der Waals surface area contributed by atoms with Crippen LogP contribution in [-0.2, 0) is 14.2 Å². The normalized spacial score (nSPS) is 10.8. The molecule has 0 aliphatic rings. The summed E-state index contributed by atoms with van der Waals surface area (Å²) in [7, 11) is 4.66. The fourth-order valence-corrected chi connectivity index (χ4v) is 9.49. The first-order valence-electron chi connectivity index (χ1n) is 30.0. The number of halogens is 7. The van der Waals surface area contributed by atoms with Crippen molar-refractivity contribution in [2.24, 2.45) is 0 Å². The number of carbonyl (C=O) groups is 6. The van der Waals surface area contributed by atoms with Gasteiger partial charge >= 0.3 is 47.8 Å². The Labute approximate surface area is 631 Å². The molecule has 0 aliphatic heterocycles. The number of benzene rings is 3. The van der Waals surface area contributed by atoms with E-state index in [1.54, 1.807) is 109 Å². The molecule has 3 N–H and O–H groups in total. The van der Waals surface area contributed by atoms with E-state index in [-0.39, 0.29) is 105 Å². The molecule has 6 amide bonds. The van der Waals surface area contributed by atoms with Crippen LogP contribution in [0.1, 0.15) is 74.6 Å². The van der Waals surface area contributed by atoms with Crippen LogP contribution in [0.3, 0.4) is 0 Å². The predicted octanol–water partition coefficient (Wildman–Crippen LogP) is 13.2. The number of carbonyl (C=O) groups excluding carboxylic acids is 6. The van der Waals surface area contributed by atoms with Crippen LogP contribution in [0.2, 0.25) is 15.7 Å². The summed E-state index contributed by atoms with van der Waals surface area (Å²) < 4.78 is 79.3. The molecule has 102 heavy (non-hydrogen) atoms. The number of anilines is 6. The number of alkyl halides is 1. The van der Waals surface area contributed by atoms with E-state index in [4.69, 9.17) is 62.3 Å². The molecule has 0 saturated heterocycles. The number of nitrogens with one attached hydrogen (secondary N) is 3. The van der Waals surface area contributed by atoms with Crippen LogP contribution in [-0.4, -0.2) is 123 Å². The largest absolute Gasteiger partial charge is 1.00 e. The third-order valence-corrected chi connectivity index (χ3v) is 14.4. The van der Waals surface area contributed by atoms with Crippen molar-refractivity contribution < 1.29 is 100 Å². The zero-order valence-electron chi connectivity index (χ0n) is 57.0. The molecule has 0 fully saturated rings. The van der Waals surface area contributed by atoms with Gasteiger partial charge in [-0.15, -0.1) is 0 Å². The molecule has 35 heteroatoms. The average molecular weight is 1580 g/mol. The maximum absolute atomic E-state index is 14.7. The van der Waals surface area contributed by atoms with Gasteiger partial charge < -0.3 is 44.4 Å². The Hall–Kier alpha value is -10.0. The van der Waals surface area contributed by atoms with Crippen LogP contribution >= 0.6 is 57.4 Å². The molecule has 9 heterocycles. The van der Waals surface area contributed by atoms with Crippen molar-refractivity contribution in [1.29, 1.82) is 0 Å². The molecule has 0 radical (unpaired) electrons. The third kappa shape index (κ3) is 19.5. The van der Waals surface area contributed by atoms with E-state index in [9.17, 15) is 41.9 Å². The van der Waals surface area contributed by atoms with Gasteiger partial charge in [-0.25, -0.2) is 57.5 Å². The van der Waals surface area contributed by atoms with Gasteiger partial charge in [-0.2, -0.15) is 0 Å². The smallest absolute Gasteiger partial charge is 1.00 e. The molecule has 0 bridgehead atoms. The van der Waals surface area contributed by atoms with E-state index < -0.39 is 53.5 Å². The van der Waals surface area contributed by atoms with E-state index in [0.717, 1.165) is 0 Å². The van der Waals surface area contributed by atoms with Crippen LogP contribution in [0.4, 0.5) is 61.7 Å². The van der Waals surface area contributed by atoms with E-state index in [1.165, 1.54) is 129 Å². The predicted molar refractivity (Wildman–Crippen MR) is 381 cm³/mol. The van der Waals surface area contributed by atoms with Gasteiger partial charge in [0.25, 0.3) is 17.7 Å². The van der Waals surface area contributed by atoms with Crippen LogP contribution < -0.4 is 60.2 Å². The number of furan rings is 3. The van der Waals surface area contributed by atoms with Gasteiger partial charge in [0.15, 0.2) is 32.9 Å². The van der Waals surface area contributed by atoms with Crippen molar-refractivity contribution in [3.05, 3.63) is 197 Å². The van der Waals surface area contributed by atoms with Crippen molar-refractivity contribution in [3.63, 3.8) is 0 Å². The number of fused-ring (bicyclic) bond motifs is 3. The van der Waals surface area contributed by atoms with Gasteiger partial charge in [0.05, 0.1) is 71.0 Å². The second kappa shape index (κ2) is 34.6. The van der Waals surface area contributed by atoms with E-state index in [0.29, 0.717) is 62.8 Å². The maximum Gasteiger partial charge on any atom is 1.00 e. The molecule has 3 aromatic carbocycles. The Bertz CT molecular complexity index is 5050. The summed E-state index contributed by atoms with van der Waals surface area (Å²) >= 11 is 19.3. The molecule has 12 rings (SSSR count). The van der Waals surface area contributed by atoms with Crippen LogP contribution in [0.5, 0.6) is 0 Å². The molecule has 0 unspecified atom stereocenters. The molecule has 0 spiro atoms. The Balaban J connectivity index is 0.000000212. The minimum Gasteiger partial charge on any atom is -1.00 e. The standard InChI is InChI=1S/C23H21ClFN5O4.C22H19ClFN5O4.C21H17ClFN5O4.CH3I.Na.H/c1-13(2)33-23(32)29(4)15-10-26-22-27-18(12-30(22)11-15)16-9-14(5-6-17(16)25)28(3)21(31)19-7-8-20(24)34-19;1-12(2)32-22(31)28(3)14-9-25-21-27-17(11-29(21)10-14)15-8-13(4-5-16(15)24)26-20(30)18-6-7-19(23)33-18;1-11(2)31-21(30)26-13-8-24-20-27-16(10-28(20)9-13)14-7-12(3-4-15(14)23)25-19(29)17-5-6-18(22)32-17;1-2;;/h5-13H,1-4H3;4-12H,1-3H3,(H,26,30);3-11H,1-2H3,(H,25,29)(H,26,30);1H3;;/q;;;;+1;-1. The molecule has 9 aromatic heterocycles. The van der Waals surface area contributed by atoms with Crippen molar-refractivity contribution in [1.82, 2.24) is 43.1 Å². The summed E-state index contributed by atoms with van der Waals surface area (Å²) in [5.41, 5.74) is 3.79. The minimum atomic E-state index is -0.617. The Morgan fingerprint density at radius 3 is 1.23 bits per heavy atom. The number of nitrogens with zero attached hydrogens (tertiary/aromatic N) is 12. The van der Waals surface area contributed by atoms with E-state index >= 15 is 0 Å². The fourth-order valence-electron chi connectivity index (χ4n) is 9.05. The number of hydrogen-bond acceptors (Lipinski definition) is 18. The zero-order valence-corrected chi connectivity index (χ0v) is 62.4. The van der Waals surface area contributed by atoms with Crippen molar-refractivity contribution in [2.75, 3.05) is 56.7 Å². The molecule has 0 aliphatic carbocycles. The average Bonchev–Trinajstić information content (AvgIpc) is 1.67. The summed E-state index contributed by atoms with van der Waals surface area (Å²) in [5, 5.41) is 8.07.